The number of hydrogen-bond acceptors (Lipinski definition) is 4. The van der Waals surface area contributed by atoms with Crippen molar-refractivity contribution in [1.29, 1.82) is 0 Å². The lowest BCUT2D eigenvalue weighted by Gasteiger charge is -2.26. The zero-order valence-electron chi connectivity index (χ0n) is 11.6. The first-order chi connectivity index (χ1) is 9.17. The summed E-state index contributed by atoms with van der Waals surface area (Å²) in [5, 5.41) is 0. The van der Waals surface area contributed by atoms with Gasteiger partial charge in [-0.05, 0) is 24.7 Å². The summed E-state index contributed by atoms with van der Waals surface area (Å²) in [5.41, 5.74) is 7.22. The lowest BCUT2D eigenvalue weighted by molar-refractivity contribution is 0.301. The number of nitrogens with zero attached hydrogens (tertiary/aromatic N) is 4. The summed E-state index contributed by atoms with van der Waals surface area (Å²) in [6, 6.07) is 0. The molecule has 2 aromatic rings. The van der Waals surface area contributed by atoms with Crippen molar-refractivity contribution in [2.75, 3.05) is 23.7 Å². The molecule has 3 rings (SSSR count). The number of rotatable bonds is 3. The van der Waals surface area contributed by atoms with E-state index in [1.165, 1.54) is 19.3 Å². The first-order valence-corrected chi connectivity index (χ1v) is 7.01. The van der Waals surface area contributed by atoms with Gasteiger partial charge in [-0.3, -0.25) is 0 Å². The predicted octanol–water partition coefficient (Wildman–Crippen LogP) is 2.33. The van der Waals surface area contributed by atoms with Gasteiger partial charge in [0.2, 0.25) is 0 Å². The number of imidazole rings is 1. The van der Waals surface area contributed by atoms with E-state index in [9.17, 15) is 0 Å². The number of fused-ring (bicyclic) bond motifs is 1. The fraction of sp³-hybridized carbons (Fsp3) is 0.571. The molecule has 2 N–H and O–H groups in total. The largest absolute Gasteiger partial charge is 0.382 e. The molecule has 0 radical (unpaired) electrons. The van der Waals surface area contributed by atoms with Crippen LogP contribution in [0.5, 0.6) is 0 Å². The van der Waals surface area contributed by atoms with Gasteiger partial charge in [0.25, 0.3) is 0 Å². The summed E-state index contributed by atoms with van der Waals surface area (Å²) in [7, 11) is 0. The summed E-state index contributed by atoms with van der Waals surface area (Å²) >= 11 is 0. The highest BCUT2D eigenvalue weighted by atomic mass is 15.3. The molecule has 19 heavy (non-hydrogen) atoms. The average molecular weight is 259 g/mol. The van der Waals surface area contributed by atoms with Crippen molar-refractivity contribution < 1.29 is 0 Å². The summed E-state index contributed by atoms with van der Waals surface area (Å²) in [6.45, 7) is 6.66. The Hall–Kier alpha value is -1.78. The quantitative estimate of drug-likeness (QED) is 0.919. The van der Waals surface area contributed by atoms with Crippen LogP contribution in [0.4, 0.5) is 11.6 Å². The van der Waals surface area contributed by atoms with Crippen LogP contribution in [0.15, 0.2) is 18.6 Å². The summed E-state index contributed by atoms with van der Waals surface area (Å²) in [5.74, 6) is 1.47. The molecule has 0 atom stereocenters. The van der Waals surface area contributed by atoms with E-state index in [4.69, 9.17) is 5.73 Å². The van der Waals surface area contributed by atoms with Crippen molar-refractivity contribution in [1.82, 2.24) is 14.4 Å². The molecule has 1 aliphatic rings. The van der Waals surface area contributed by atoms with Crippen molar-refractivity contribution >= 4 is 17.3 Å². The Kier molecular flexibility index (Phi) is 2.84. The average Bonchev–Trinajstić information content (AvgIpc) is 3.04. The maximum Gasteiger partial charge on any atom is 0.180 e. The third-order valence-corrected chi connectivity index (χ3v) is 4.61. The SMILES string of the molecule is CCC1(CC)CCN(c2nc(N)cn3ccnc23)C1. The molecule has 5 nitrogen and oxygen atoms in total. The van der Waals surface area contributed by atoms with E-state index in [1.54, 1.807) is 6.20 Å². The number of nitrogens with two attached hydrogens (primary N) is 1. The van der Waals surface area contributed by atoms with E-state index in [2.05, 4.69) is 28.7 Å². The molecule has 3 heterocycles. The monoisotopic (exact) mass is 259 g/mol. The minimum Gasteiger partial charge on any atom is -0.382 e. The van der Waals surface area contributed by atoms with E-state index in [0.717, 1.165) is 24.6 Å². The van der Waals surface area contributed by atoms with Gasteiger partial charge < -0.3 is 15.0 Å². The molecule has 0 spiro atoms. The van der Waals surface area contributed by atoms with Gasteiger partial charge in [0.05, 0.1) is 6.20 Å². The van der Waals surface area contributed by atoms with Crippen molar-refractivity contribution in [3.8, 4) is 0 Å². The predicted molar refractivity (Wildman–Crippen MR) is 77.2 cm³/mol. The van der Waals surface area contributed by atoms with Gasteiger partial charge in [0.15, 0.2) is 11.5 Å². The third-order valence-electron chi connectivity index (χ3n) is 4.61. The Balaban J connectivity index is 1.99. The van der Waals surface area contributed by atoms with Gasteiger partial charge in [0, 0.05) is 25.5 Å². The Bertz CT molecular complexity index is 585. The van der Waals surface area contributed by atoms with Crippen molar-refractivity contribution in [3.05, 3.63) is 18.6 Å². The van der Waals surface area contributed by atoms with Crippen molar-refractivity contribution in [3.63, 3.8) is 0 Å². The van der Waals surface area contributed by atoms with E-state index < -0.39 is 0 Å². The first kappa shape index (κ1) is 12.3. The number of hydrogen-bond donors (Lipinski definition) is 1. The van der Waals surface area contributed by atoms with Crippen LogP contribution in [0.3, 0.4) is 0 Å². The van der Waals surface area contributed by atoms with Crippen LogP contribution < -0.4 is 10.6 Å². The molecule has 0 unspecified atom stereocenters. The van der Waals surface area contributed by atoms with E-state index in [1.807, 2.05) is 16.8 Å². The molecule has 0 amide bonds. The van der Waals surface area contributed by atoms with Gasteiger partial charge >= 0.3 is 0 Å². The van der Waals surface area contributed by atoms with Gasteiger partial charge in [-0.15, -0.1) is 0 Å². The first-order valence-electron chi connectivity index (χ1n) is 7.01. The Labute approximate surface area is 113 Å². The number of nitrogen functional groups attached to an aromatic ring is 1. The second-order valence-corrected chi connectivity index (χ2v) is 5.53. The van der Waals surface area contributed by atoms with Crippen LogP contribution >= 0.6 is 0 Å². The highest BCUT2D eigenvalue weighted by molar-refractivity contribution is 5.66. The number of aromatic nitrogens is 3. The van der Waals surface area contributed by atoms with Crippen molar-refractivity contribution in [2.24, 2.45) is 5.41 Å². The smallest absolute Gasteiger partial charge is 0.180 e. The molecule has 0 saturated carbocycles. The molecule has 0 aromatic carbocycles. The third kappa shape index (κ3) is 1.93. The van der Waals surface area contributed by atoms with Crippen LogP contribution in [0.1, 0.15) is 33.1 Å². The van der Waals surface area contributed by atoms with Gasteiger partial charge in [-0.2, -0.15) is 0 Å². The lowest BCUT2D eigenvalue weighted by Crippen LogP contribution is -2.27. The van der Waals surface area contributed by atoms with Gasteiger partial charge in [-0.25, -0.2) is 9.97 Å². The van der Waals surface area contributed by atoms with Crippen LogP contribution in [0.2, 0.25) is 0 Å². The van der Waals surface area contributed by atoms with Crippen LogP contribution in [-0.4, -0.2) is 27.5 Å². The zero-order chi connectivity index (χ0) is 13.5. The normalized spacial score (nSPS) is 18.3. The van der Waals surface area contributed by atoms with Crippen LogP contribution in [0, 0.1) is 5.41 Å². The molecule has 5 heteroatoms. The highest BCUT2D eigenvalue weighted by Crippen LogP contribution is 2.39. The summed E-state index contributed by atoms with van der Waals surface area (Å²) in [4.78, 5) is 11.3. The summed E-state index contributed by atoms with van der Waals surface area (Å²) < 4.78 is 1.95. The molecule has 2 aromatic heterocycles. The van der Waals surface area contributed by atoms with Gasteiger partial charge in [-0.1, -0.05) is 13.8 Å². The molecule has 0 aliphatic carbocycles. The molecule has 0 bridgehead atoms. The van der Waals surface area contributed by atoms with Crippen LogP contribution in [0.25, 0.3) is 5.65 Å². The second-order valence-electron chi connectivity index (χ2n) is 5.53. The minimum atomic E-state index is 0.426. The molecule has 1 saturated heterocycles. The zero-order valence-corrected chi connectivity index (χ0v) is 11.6. The summed E-state index contributed by atoms with van der Waals surface area (Å²) in [6.07, 6.45) is 9.18. The number of anilines is 2. The maximum absolute atomic E-state index is 5.90. The Morgan fingerprint density at radius 1 is 1.37 bits per heavy atom. The highest BCUT2D eigenvalue weighted by Gasteiger charge is 2.36. The van der Waals surface area contributed by atoms with Gasteiger partial charge in [0.1, 0.15) is 5.82 Å². The topological polar surface area (TPSA) is 59.5 Å². The Morgan fingerprint density at radius 2 is 2.16 bits per heavy atom. The standard InChI is InChI=1S/C14H21N5/c1-3-14(4-2)5-7-19(10-14)13-12-16-6-8-18(12)9-11(15)17-13/h6,8-9H,3-5,7,10,15H2,1-2H3. The maximum atomic E-state index is 5.90. The van der Waals surface area contributed by atoms with Crippen molar-refractivity contribution in [2.45, 2.75) is 33.1 Å². The van der Waals surface area contributed by atoms with Crippen LogP contribution in [-0.2, 0) is 0 Å². The van der Waals surface area contributed by atoms with E-state index >= 15 is 0 Å². The Morgan fingerprint density at radius 3 is 2.84 bits per heavy atom. The molecule has 102 valence electrons. The molecule has 1 fully saturated rings. The van der Waals surface area contributed by atoms with E-state index in [0.29, 0.717) is 11.2 Å². The molecule has 1 aliphatic heterocycles. The van der Waals surface area contributed by atoms with E-state index in [-0.39, 0.29) is 0 Å². The molecular weight excluding hydrogens is 238 g/mol. The molecular formula is C14H21N5. The fourth-order valence-corrected chi connectivity index (χ4v) is 3.09. The lowest BCUT2D eigenvalue weighted by atomic mass is 9.82. The second kappa shape index (κ2) is 4.40. The minimum absolute atomic E-state index is 0.426. The fourth-order valence-electron chi connectivity index (χ4n) is 3.09.